The molecule has 0 amide bonds. The van der Waals surface area contributed by atoms with Crippen molar-refractivity contribution in [1.29, 1.82) is 0 Å². The molecular weight excluding hydrogens is 190 g/mol. The molecule has 3 heteroatoms. The van der Waals surface area contributed by atoms with Gasteiger partial charge in [-0.05, 0) is 19.1 Å². The van der Waals surface area contributed by atoms with Gasteiger partial charge in [-0.3, -0.25) is 0 Å². The van der Waals surface area contributed by atoms with Gasteiger partial charge in [0.05, 0.1) is 12.3 Å². The number of fused-ring (bicyclic) bond motifs is 1. The van der Waals surface area contributed by atoms with Crippen molar-refractivity contribution >= 4 is 10.9 Å². The third-order valence-electron chi connectivity index (χ3n) is 2.65. The minimum Gasteiger partial charge on any atom is -0.488 e. The van der Waals surface area contributed by atoms with Crippen molar-refractivity contribution in [2.24, 2.45) is 0 Å². The lowest BCUT2D eigenvalue weighted by molar-refractivity contribution is 0.264. The summed E-state index contributed by atoms with van der Waals surface area (Å²) in [5.41, 5.74) is 2.21. The second-order valence-corrected chi connectivity index (χ2v) is 3.89. The molecule has 0 radical (unpaired) electrons. The molecular formula is C12H13NO2. The summed E-state index contributed by atoms with van der Waals surface area (Å²) in [5.74, 6) is 0.959. The van der Waals surface area contributed by atoms with Crippen molar-refractivity contribution in [2.45, 2.75) is 13.0 Å². The van der Waals surface area contributed by atoms with E-state index in [4.69, 9.17) is 9.47 Å². The van der Waals surface area contributed by atoms with Crippen LogP contribution in [0.15, 0.2) is 24.3 Å². The number of nitrogens with one attached hydrogen (secondary N) is 1. The summed E-state index contributed by atoms with van der Waals surface area (Å²) in [6.45, 7) is 3.52. The molecule has 1 N–H and O–H groups in total. The predicted molar refractivity (Wildman–Crippen MR) is 58.3 cm³/mol. The molecule has 1 aromatic carbocycles. The molecule has 0 saturated carbocycles. The zero-order valence-corrected chi connectivity index (χ0v) is 8.62. The van der Waals surface area contributed by atoms with Crippen LogP contribution in [0.5, 0.6) is 5.75 Å². The van der Waals surface area contributed by atoms with E-state index in [1.54, 1.807) is 0 Å². The summed E-state index contributed by atoms with van der Waals surface area (Å²) >= 11 is 0. The Bertz CT molecular complexity index is 485. The maximum absolute atomic E-state index is 5.76. The fourth-order valence-corrected chi connectivity index (χ4v) is 1.78. The van der Waals surface area contributed by atoms with Crippen LogP contribution < -0.4 is 4.74 Å². The van der Waals surface area contributed by atoms with Crippen LogP contribution in [-0.4, -0.2) is 24.3 Å². The fourth-order valence-electron chi connectivity index (χ4n) is 1.78. The Morgan fingerprint density at radius 3 is 3.07 bits per heavy atom. The summed E-state index contributed by atoms with van der Waals surface area (Å²) in [6, 6.07) is 8.17. The van der Waals surface area contributed by atoms with Gasteiger partial charge < -0.3 is 14.5 Å². The summed E-state index contributed by atoms with van der Waals surface area (Å²) in [4.78, 5) is 3.31. The van der Waals surface area contributed by atoms with Crippen LogP contribution in [0, 0.1) is 6.92 Å². The third-order valence-corrected chi connectivity index (χ3v) is 2.65. The first kappa shape index (κ1) is 8.80. The Morgan fingerprint density at radius 2 is 2.27 bits per heavy atom. The Morgan fingerprint density at radius 1 is 1.47 bits per heavy atom. The number of aromatic amines is 1. The van der Waals surface area contributed by atoms with Crippen molar-refractivity contribution in [3.63, 3.8) is 0 Å². The number of hydrogen-bond donors (Lipinski definition) is 1. The van der Waals surface area contributed by atoms with E-state index < -0.39 is 0 Å². The highest BCUT2D eigenvalue weighted by Gasteiger charge is 2.24. The average molecular weight is 203 g/mol. The zero-order chi connectivity index (χ0) is 10.3. The predicted octanol–water partition coefficient (Wildman–Crippen LogP) is 2.25. The Labute approximate surface area is 88.0 Å². The first-order valence-corrected chi connectivity index (χ1v) is 5.16. The molecule has 1 atom stereocenters. The van der Waals surface area contributed by atoms with Crippen LogP contribution in [0.25, 0.3) is 10.9 Å². The average Bonchev–Trinajstić information content (AvgIpc) is 3.00. The van der Waals surface area contributed by atoms with Gasteiger partial charge in [-0.2, -0.15) is 0 Å². The van der Waals surface area contributed by atoms with E-state index in [-0.39, 0.29) is 0 Å². The highest BCUT2D eigenvalue weighted by molar-refractivity contribution is 5.87. The van der Waals surface area contributed by atoms with Gasteiger partial charge in [0.25, 0.3) is 0 Å². The van der Waals surface area contributed by atoms with Crippen molar-refractivity contribution in [2.75, 3.05) is 13.2 Å². The highest BCUT2D eigenvalue weighted by Crippen LogP contribution is 2.29. The van der Waals surface area contributed by atoms with Gasteiger partial charge in [0, 0.05) is 10.9 Å². The molecule has 0 aliphatic carbocycles. The second kappa shape index (κ2) is 3.28. The second-order valence-electron chi connectivity index (χ2n) is 3.89. The lowest BCUT2D eigenvalue weighted by atomic mass is 10.2. The van der Waals surface area contributed by atoms with E-state index in [0.29, 0.717) is 12.7 Å². The molecule has 2 heterocycles. The molecule has 1 fully saturated rings. The zero-order valence-electron chi connectivity index (χ0n) is 8.62. The van der Waals surface area contributed by atoms with Crippen molar-refractivity contribution < 1.29 is 9.47 Å². The summed E-state index contributed by atoms with van der Waals surface area (Å²) in [5, 5.41) is 1.15. The van der Waals surface area contributed by atoms with Gasteiger partial charge >= 0.3 is 0 Å². The summed E-state index contributed by atoms with van der Waals surface area (Å²) in [6.07, 6.45) is 0.304. The standard InChI is InChI=1S/C12H13NO2/c1-8-12(15-7-9-6-14-9)10-4-2-3-5-11(10)13-8/h2-5,9,13H,6-7H2,1H3/t9-/m0/s1. The normalized spacial score (nSPS) is 19.4. The Hall–Kier alpha value is -1.48. The number of ether oxygens (including phenoxy) is 2. The summed E-state index contributed by atoms with van der Waals surface area (Å²) in [7, 11) is 0. The lowest BCUT2D eigenvalue weighted by Gasteiger charge is -2.03. The molecule has 15 heavy (non-hydrogen) atoms. The SMILES string of the molecule is Cc1[nH]c2ccccc2c1OC[C@@H]1CO1. The molecule has 1 aromatic heterocycles. The van der Waals surface area contributed by atoms with Gasteiger partial charge in [0.1, 0.15) is 18.5 Å². The van der Waals surface area contributed by atoms with E-state index in [0.717, 1.165) is 29.0 Å². The smallest absolute Gasteiger partial charge is 0.147 e. The van der Waals surface area contributed by atoms with Crippen LogP contribution in [0.1, 0.15) is 5.69 Å². The van der Waals surface area contributed by atoms with E-state index in [1.165, 1.54) is 0 Å². The van der Waals surface area contributed by atoms with Crippen LogP contribution in [0.4, 0.5) is 0 Å². The monoisotopic (exact) mass is 203 g/mol. The van der Waals surface area contributed by atoms with Gasteiger partial charge in [-0.1, -0.05) is 12.1 Å². The molecule has 1 saturated heterocycles. The Balaban J connectivity index is 1.95. The summed E-state index contributed by atoms with van der Waals surface area (Å²) < 4.78 is 10.9. The topological polar surface area (TPSA) is 37.5 Å². The number of aromatic nitrogens is 1. The maximum atomic E-state index is 5.76. The lowest BCUT2D eigenvalue weighted by Crippen LogP contribution is -2.04. The number of hydrogen-bond acceptors (Lipinski definition) is 2. The van der Waals surface area contributed by atoms with Crippen LogP contribution in [-0.2, 0) is 4.74 Å². The molecule has 0 bridgehead atoms. The van der Waals surface area contributed by atoms with Crippen molar-refractivity contribution in [3.05, 3.63) is 30.0 Å². The number of aryl methyl sites for hydroxylation is 1. The molecule has 0 spiro atoms. The molecule has 3 rings (SSSR count). The number of benzene rings is 1. The van der Waals surface area contributed by atoms with Gasteiger partial charge in [-0.25, -0.2) is 0 Å². The molecule has 1 aliphatic rings. The molecule has 0 unspecified atom stereocenters. The molecule has 2 aromatic rings. The largest absolute Gasteiger partial charge is 0.488 e. The molecule has 78 valence electrons. The number of epoxide rings is 1. The van der Waals surface area contributed by atoms with Gasteiger partial charge in [0.2, 0.25) is 0 Å². The van der Waals surface area contributed by atoms with E-state index >= 15 is 0 Å². The van der Waals surface area contributed by atoms with Gasteiger partial charge in [0.15, 0.2) is 0 Å². The fraction of sp³-hybridized carbons (Fsp3) is 0.333. The van der Waals surface area contributed by atoms with Crippen molar-refractivity contribution in [3.8, 4) is 5.75 Å². The van der Waals surface area contributed by atoms with Gasteiger partial charge in [-0.15, -0.1) is 0 Å². The molecule has 3 nitrogen and oxygen atoms in total. The number of para-hydroxylation sites is 1. The number of rotatable bonds is 3. The van der Waals surface area contributed by atoms with E-state index in [9.17, 15) is 0 Å². The van der Waals surface area contributed by atoms with Crippen LogP contribution >= 0.6 is 0 Å². The first-order chi connectivity index (χ1) is 7.34. The van der Waals surface area contributed by atoms with Crippen LogP contribution in [0.2, 0.25) is 0 Å². The highest BCUT2D eigenvalue weighted by atomic mass is 16.6. The molecule has 1 aliphatic heterocycles. The van der Waals surface area contributed by atoms with E-state index in [1.807, 2.05) is 19.1 Å². The minimum atomic E-state index is 0.304. The van der Waals surface area contributed by atoms with E-state index in [2.05, 4.69) is 17.1 Å². The number of H-pyrrole nitrogens is 1. The van der Waals surface area contributed by atoms with Crippen molar-refractivity contribution in [1.82, 2.24) is 4.98 Å². The third kappa shape index (κ3) is 1.59. The first-order valence-electron chi connectivity index (χ1n) is 5.16. The Kier molecular flexibility index (Phi) is 1.92. The van der Waals surface area contributed by atoms with Crippen LogP contribution in [0.3, 0.4) is 0 Å². The minimum absolute atomic E-state index is 0.304. The maximum Gasteiger partial charge on any atom is 0.147 e. The quantitative estimate of drug-likeness (QED) is 0.777.